The van der Waals surface area contributed by atoms with Crippen LogP contribution < -0.4 is 11.1 Å². The van der Waals surface area contributed by atoms with E-state index in [9.17, 15) is 4.79 Å². The van der Waals surface area contributed by atoms with Crippen molar-refractivity contribution in [2.75, 3.05) is 0 Å². The van der Waals surface area contributed by atoms with Gasteiger partial charge >= 0.3 is 0 Å². The van der Waals surface area contributed by atoms with Gasteiger partial charge in [-0.05, 0) is 18.1 Å². The molecule has 0 aliphatic heterocycles. The molecular weight excluding hydrogens is 252 g/mol. The van der Waals surface area contributed by atoms with Crippen molar-refractivity contribution in [2.45, 2.75) is 33.0 Å². The van der Waals surface area contributed by atoms with E-state index in [1.54, 1.807) is 0 Å². The maximum atomic E-state index is 11.7. The number of nitrogens with two attached hydrogens (primary N) is 1. The molecule has 1 amide bonds. The number of aliphatic hydroxyl groups is 1. The van der Waals surface area contributed by atoms with Crippen LogP contribution in [0.25, 0.3) is 0 Å². The van der Waals surface area contributed by atoms with Gasteiger partial charge < -0.3 is 16.2 Å². The number of halogens is 1. The minimum atomic E-state index is -0.198. The normalized spacial score (nSPS) is 13.3. The third-order valence-corrected chi connectivity index (χ3v) is 2.84. The molecule has 0 spiro atoms. The van der Waals surface area contributed by atoms with Crippen molar-refractivity contribution in [3.63, 3.8) is 0 Å². The third-order valence-electron chi connectivity index (χ3n) is 2.84. The molecule has 0 fully saturated rings. The molecule has 102 valence electrons. The van der Waals surface area contributed by atoms with Crippen LogP contribution in [0.5, 0.6) is 0 Å². The Hall–Kier alpha value is -1.10. The maximum Gasteiger partial charge on any atom is 0.224 e. The van der Waals surface area contributed by atoms with Crippen LogP contribution in [0.3, 0.4) is 0 Å². The van der Waals surface area contributed by atoms with Crippen molar-refractivity contribution < 1.29 is 9.90 Å². The smallest absolute Gasteiger partial charge is 0.224 e. The van der Waals surface area contributed by atoms with Crippen molar-refractivity contribution in [3.8, 4) is 0 Å². The van der Waals surface area contributed by atoms with Gasteiger partial charge in [-0.3, -0.25) is 4.79 Å². The van der Waals surface area contributed by atoms with Crippen molar-refractivity contribution >= 4 is 18.3 Å². The lowest BCUT2D eigenvalue weighted by atomic mass is 10.0. The molecule has 1 aromatic carbocycles. The molecule has 0 aliphatic carbocycles. The molecule has 0 aliphatic rings. The molecule has 0 saturated carbocycles. The molecule has 0 saturated heterocycles. The Morgan fingerprint density at radius 1 is 1.39 bits per heavy atom. The Morgan fingerprint density at radius 3 is 2.56 bits per heavy atom. The van der Waals surface area contributed by atoms with E-state index in [0.717, 1.165) is 11.1 Å². The Balaban J connectivity index is 0.00000289. The van der Waals surface area contributed by atoms with E-state index in [2.05, 4.69) is 5.32 Å². The number of carbonyl (C=O) groups is 1. The van der Waals surface area contributed by atoms with Gasteiger partial charge in [0.05, 0.1) is 6.61 Å². The van der Waals surface area contributed by atoms with Gasteiger partial charge in [0.1, 0.15) is 0 Å². The van der Waals surface area contributed by atoms with Crippen LogP contribution >= 0.6 is 12.4 Å². The van der Waals surface area contributed by atoms with Crippen LogP contribution in [0.1, 0.15) is 25.0 Å². The van der Waals surface area contributed by atoms with Crippen molar-refractivity contribution in [1.82, 2.24) is 5.32 Å². The summed E-state index contributed by atoms with van der Waals surface area (Å²) in [4.78, 5) is 11.7. The highest BCUT2D eigenvalue weighted by Gasteiger charge is 2.16. The van der Waals surface area contributed by atoms with Gasteiger partial charge in [-0.15, -0.1) is 12.4 Å². The lowest BCUT2D eigenvalue weighted by molar-refractivity contribution is -0.125. The molecule has 1 rings (SSSR count). The summed E-state index contributed by atoms with van der Waals surface area (Å²) >= 11 is 0. The number of hydrogen-bond acceptors (Lipinski definition) is 3. The molecule has 0 bridgehead atoms. The summed E-state index contributed by atoms with van der Waals surface area (Å²) in [5.41, 5.74) is 7.48. The quantitative estimate of drug-likeness (QED) is 0.754. The molecule has 18 heavy (non-hydrogen) atoms. The number of nitrogens with one attached hydrogen (secondary N) is 1. The summed E-state index contributed by atoms with van der Waals surface area (Å²) < 4.78 is 0. The van der Waals surface area contributed by atoms with Crippen molar-refractivity contribution in [2.24, 2.45) is 11.7 Å². The van der Waals surface area contributed by atoms with Gasteiger partial charge in [0.25, 0.3) is 0 Å². The van der Waals surface area contributed by atoms with Crippen LogP contribution in [0.2, 0.25) is 0 Å². The second-order valence-corrected chi connectivity index (χ2v) is 4.34. The molecule has 4 nitrogen and oxygen atoms in total. The lowest BCUT2D eigenvalue weighted by Gasteiger charge is -2.15. The highest BCUT2D eigenvalue weighted by molar-refractivity contribution is 5.85. The summed E-state index contributed by atoms with van der Waals surface area (Å²) in [6, 6.07) is 7.34. The third kappa shape index (κ3) is 5.04. The van der Waals surface area contributed by atoms with Gasteiger partial charge in [-0.2, -0.15) is 0 Å². The molecular formula is C13H21ClN2O2. The first kappa shape index (κ1) is 16.9. The number of hydrogen-bond donors (Lipinski definition) is 3. The maximum absolute atomic E-state index is 11.7. The van der Waals surface area contributed by atoms with E-state index < -0.39 is 0 Å². The average molecular weight is 273 g/mol. The molecule has 2 unspecified atom stereocenters. The predicted molar refractivity (Wildman–Crippen MR) is 74.3 cm³/mol. The summed E-state index contributed by atoms with van der Waals surface area (Å²) in [5, 5.41) is 11.8. The van der Waals surface area contributed by atoms with Gasteiger partial charge in [0.2, 0.25) is 5.91 Å². The summed E-state index contributed by atoms with van der Waals surface area (Å²) in [7, 11) is 0. The fraction of sp³-hybridized carbons (Fsp3) is 0.462. The number of carbonyl (C=O) groups excluding carboxylic acids is 1. The molecule has 0 radical (unpaired) electrons. The average Bonchev–Trinajstić information content (AvgIpc) is 2.35. The standard InChI is InChI=1S/C13H20N2O2.ClH/c1-9(10(2)14)13(17)15-7-11-4-3-5-12(6-11)8-16;/h3-6,9-10,16H,7-8,14H2,1-2H3,(H,15,17);1H. The van der Waals surface area contributed by atoms with E-state index in [4.69, 9.17) is 10.8 Å². The largest absolute Gasteiger partial charge is 0.392 e. The molecule has 2 atom stereocenters. The predicted octanol–water partition coefficient (Wildman–Crippen LogP) is 1.20. The van der Waals surface area contributed by atoms with Crippen LogP contribution in [0, 0.1) is 5.92 Å². The first-order valence-corrected chi connectivity index (χ1v) is 5.76. The Labute approximate surface area is 114 Å². The number of aliphatic hydroxyl groups excluding tert-OH is 1. The van der Waals surface area contributed by atoms with Gasteiger partial charge in [-0.1, -0.05) is 31.2 Å². The first-order valence-electron chi connectivity index (χ1n) is 5.76. The van der Waals surface area contributed by atoms with Crippen molar-refractivity contribution in [3.05, 3.63) is 35.4 Å². The fourth-order valence-corrected chi connectivity index (χ4v) is 1.43. The van der Waals surface area contributed by atoms with Gasteiger partial charge in [0.15, 0.2) is 0 Å². The summed E-state index contributed by atoms with van der Waals surface area (Å²) in [6.45, 7) is 4.10. The number of amides is 1. The van der Waals surface area contributed by atoms with E-state index in [1.807, 2.05) is 38.1 Å². The summed E-state index contributed by atoms with van der Waals surface area (Å²) in [6.07, 6.45) is 0. The van der Waals surface area contributed by atoms with Gasteiger partial charge in [-0.25, -0.2) is 0 Å². The first-order chi connectivity index (χ1) is 8.04. The Bertz CT molecular complexity index is 383. The molecule has 5 heteroatoms. The summed E-state index contributed by atoms with van der Waals surface area (Å²) in [5.74, 6) is -0.245. The molecule has 4 N–H and O–H groups in total. The number of benzene rings is 1. The van der Waals surface area contributed by atoms with Crippen LogP contribution in [-0.4, -0.2) is 17.1 Å². The minimum absolute atomic E-state index is 0. The van der Waals surface area contributed by atoms with Crippen molar-refractivity contribution in [1.29, 1.82) is 0 Å². The fourth-order valence-electron chi connectivity index (χ4n) is 1.43. The monoisotopic (exact) mass is 272 g/mol. The second-order valence-electron chi connectivity index (χ2n) is 4.34. The molecule has 0 heterocycles. The van der Waals surface area contributed by atoms with E-state index in [-0.39, 0.29) is 36.9 Å². The van der Waals surface area contributed by atoms with Crippen LogP contribution in [0.15, 0.2) is 24.3 Å². The highest BCUT2D eigenvalue weighted by atomic mass is 35.5. The topological polar surface area (TPSA) is 75.4 Å². The zero-order valence-corrected chi connectivity index (χ0v) is 11.5. The van der Waals surface area contributed by atoms with E-state index >= 15 is 0 Å². The Kier molecular flexibility index (Phi) is 7.59. The van der Waals surface area contributed by atoms with E-state index in [1.165, 1.54) is 0 Å². The van der Waals surface area contributed by atoms with Crippen LogP contribution in [-0.2, 0) is 17.9 Å². The zero-order chi connectivity index (χ0) is 12.8. The highest BCUT2D eigenvalue weighted by Crippen LogP contribution is 2.06. The molecule has 1 aromatic rings. The zero-order valence-electron chi connectivity index (χ0n) is 10.7. The SMILES string of the molecule is CC(N)C(C)C(=O)NCc1cccc(CO)c1.Cl. The number of rotatable bonds is 5. The molecule has 0 aromatic heterocycles. The van der Waals surface area contributed by atoms with Gasteiger partial charge in [0, 0.05) is 18.5 Å². The minimum Gasteiger partial charge on any atom is -0.392 e. The van der Waals surface area contributed by atoms with Crippen LogP contribution in [0.4, 0.5) is 0 Å². The second kappa shape index (κ2) is 8.08. The van der Waals surface area contributed by atoms with E-state index in [0.29, 0.717) is 6.54 Å². The lowest BCUT2D eigenvalue weighted by Crippen LogP contribution is -2.38. The Morgan fingerprint density at radius 2 is 2.00 bits per heavy atom.